The molecular weight excluding hydrogens is 211 g/mol. The van der Waals surface area contributed by atoms with Gasteiger partial charge in [-0.3, -0.25) is 4.79 Å². The molecule has 0 aliphatic rings. The van der Waals surface area contributed by atoms with E-state index in [4.69, 9.17) is 23.2 Å². The number of nitrogens with one attached hydrogen (secondary N) is 1. The summed E-state index contributed by atoms with van der Waals surface area (Å²) in [6.45, 7) is 0. The molecule has 0 radical (unpaired) electrons. The highest BCUT2D eigenvalue weighted by Gasteiger charge is 2.15. The Morgan fingerprint density at radius 2 is 1.92 bits per heavy atom. The normalized spacial score (nSPS) is 10.8. The number of aromatic nitrogens is 1. The van der Waals surface area contributed by atoms with Gasteiger partial charge in [-0.05, 0) is 0 Å². The topological polar surface area (TPSA) is 32.9 Å². The Morgan fingerprint density at radius 1 is 1.33 bits per heavy atom. The van der Waals surface area contributed by atoms with Crippen molar-refractivity contribution < 1.29 is 8.78 Å². The molecule has 6 heteroatoms. The van der Waals surface area contributed by atoms with Crippen molar-refractivity contribution in [1.29, 1.82) is 0 Å². The summed E-state index contributed by atoms with van der Waals surface area (Å²) in [5.41, 5.74) is -1.15. The Kier molecular flexibility index (Phi) is 2.69. The second-order valence-electron chi connectivity index (χ2n) is 2.00. The van der Waals surface area contributed by atoms with E-state index < -0.39 is 27.6 Å². The Labute approximate surface area is 76.1 Å². The van der Waals surface area contributed by atoms with E-state index in [-0.39, 0.29) is 0 Å². The van der Waals surface area contributed by atoms with Crippen LogP contribution < -0.4 is 5.56 Å². The lowest BCUT2D eigenvalue weighted by Gasteiger charge is -2.02. The third kappa shape index (κ3) is 1.59. The van der Waals surface area contributed by atoms with E-state index in [0.717, 1.165) is 6.20 Å². The molecule has 0 aromatic carbocycles. The maximum absolute atomic E-state index is 12.1. The third-order valence-corrected chi connectivity index (χ3v) is 2.10. The van der Waals surface area contributed by atoms with Crippen molar-refractivity contribution in [3.05, 3.63) is 32.2 Å². The van der Waals surface area contributed by atoms with Gasteiger partial charge in [0.1, 0.15) is 5.02 Å². The van der Waals surface area contributed by atoms with Gasteiger partial charge in [0, 0.05) is 6.20 Å². The average molecular weight is 214 g/mol. The molecule has 0 amide bonds. The lowest BCUT2D eigenvalue weighted by atomic mass is 10.3. The molecule has 0 saturated carbocycles. The summed E-state index contributed by atoms with van der Waals surface area (Å²) in [6, 6.07) is 0. The molecule has 1 N–H and O–H groups in total. The van der Waals surface area contributed by atoms with Crippen molar-refractivity contribution in [2.45, 2.75) is 6.43 Å². The van der Waals surface area contributed by atoms with Gasteiger partial charge in [0.25, 0.3) is 12.0 Å². The summed E-state index contributed by atoms with van der Waals surface area (Å²) < 4.78 is 24.1. The van der Waals surface area contributed by atoms with Crippen LogP contribution in [-0.2, 0) is 0 Å². The molecule has 12 heavy (non-hydrogen) atoms. The van der Waals surface area contributed by atoms with Crippen LogP contribution in [0.1, 0.15) is 12.0 Å². The molecule has 0 saturated heterocycles. The smallest absolute Gasteiger partial charge is 0.268 e. The van der Waals surface area contributed by atoms with E-state index in [2.05, 4.69) is 0 Å². The minimum atomic E-state index is -2.74. The van der Waals surface area contributed by atoms with Gasteiger partial charge in [0.15, 0.2) is 0 Å². The van der Waals surface area contributed by atoms with E-state index in [1.165, 1.54) is 0 Å². The minimum Gasteiger partial charge on any atom is -0.327 e. The van der Waals surface area contributed by atoms with E-state index in [9.17, 15) is 13.6 Å². The first-order valence-electron chi connectivity index (χ1n) is 2.88. The number of rotatable bonds is 1. The summed E-state index contributed by atoms with van der Waals surface area (Å²) in [7, 11) is 0. The highest BCUT2D eigenvalue weighted by atomic mass is 35.5. The highest BCUT2D eigenvalue weighted by molar-refractivity contribution is 6.42. The molecule has 0 atom stereocenters. The molecule has 2 nitrogen and oxygen atoms in total. The summed E-state index contributed by atoms with van der Waals surface area (Å²) in [4.78, 5) is 12.7. The lowest BCUT2D eigenvalue weighted by Crippen LogP contribution is -2.07. The predicted molar refractivity (Wildman–Crippen MR) is 42.0 cm³/mol. The summed E-state index contributed by atoms with van der Waals surface area (Å²) in [6.07, 6.45) is -1.90. The fraction of sp³-hybridized carbons (Fsp3) is 0.167. The Bertz CT molecular complexity index is 350. The summed E-state index contributed by atoms with van der Waals surface area (Å²) in [5.74, 6) is 0. The maximum atomic E-state index is 12.1. The first-order chi connectivity index (χ1) is 5.54. The molecule has 0 bridgehead atoms. The van der Waals surface area contributed by atoms with Crippen molar-refractivity contribution in [2.75, 3.05) is 0 Å². The molecule has 0 fully saturated rings. The second kappa shape index (κ2) is 3.41. The van der Waals surface area contributed by atoms with Crippen LogP contribution in [0.15, 0.2) is 11.0 Å². The van der Waals surface area contributed by atoms with Crippen LogP contribution in [0.3, 0.4) is 0 Å². The number of hydrogen-bond acceptors (Lipinski definition) is 1. The van der Waals surface area contributed by atoms with Gasteiger partial charge in [0.2, 0.25) is 0 Å². The molecule has 1 aromatic heterocycles. The zero-order valence-electron chi connectivity index (χ0n) is 5.57. The van der Waals surface area contributed by atoms with Gasteiger partial charge < -0.3 is 4.98 Å². The Morgan fingerprint density at radius 3 is 2.42 bits per heavy atom. The van der Waals surface area contributed by atoms with Gasteiger partial charge in [-0.1, -0.05) is 23.2 Å². The van der Waals surface area contributed by atoms with Crippen LogP contribution in [0, 0.1) is 0 Å². The largest absolute Gasteiger partial charge is 0.327 e. The van der Waals surface area contributed by atoms with Gasteiger partial charge in [-0.25, -0.2) is 8.78 Å². The molecule has 1 aromatic rings. The fourth-order valence-corrected chi connectivity index (χ4v) is 1.04. The SMILES string of the molecule is O=c1[nH]cc(C(F)F)c(Cl)c1Cl. The minimum absolute atomic E-state index is 0.393. The van der Waals surface area contributed by atoms with Gasteiger partial charge >= 0.3 is 0 Å². The van der Waals surface area contributed by atoms with Crippen LogP contribution in [0.25, 0.3) is 0 Å². The molecule has 0 unspecified atom stereocenters. The van der Waals surface area contributed by atoms with E-state index in [1.807, 2.05) is 4.98 Å². The van der Waals surface area contributed by atoms with Crippen molar-refractivity contribution in [1.82, 2.24) is 4.98 Å². The van der Waals surface area contributed by atoms with Crippen LogP contribution in [0.4, 0.5) is 8.78 Å². The van der Waals surface area contributed by atoms with E-state index in [0.29, 0.717) is 0 Å². The highest BCUT2D eigenvalue weighted by Crippen LogP contribution is 2.29. The van der Waals surface area contributed by atoms with Crippen LogP contribution in [0.5, 0.6) is 0 Å². The van der Waals surface area contributed by atoms with Gasteiger partial charge in [-0.2, -0.15) is 0 Å². The first kappa shape index (κ1) is 9.48. The van der Waals surface area contributed by atoms with Crippen molar-refractivity contribution in [3.63, 3.8) is 0 Å². The fourth-order valence-electron chi connectivity index (χ4n) is 0.655. The molecule has 1 rings (SSSR count). The van der Waals surface area contributed by atoms with E-state index in [1.54, 1.807) is 0 Å². The van der Waals surface area contributed by atoms with Gasteiger partial charge in [-0.15, -0.1) is 0 Å². The van der Waals surface area contributed by atoms with Crippen molar-refractivity contribution >= 4 is 23.2 Å². The molecule has 1 heterocycles. The monoisotopic (exact) mass is 213 g/mol. The summed E-state index contributed by atoms with van der Waals surface area (Å²) >= 11 is 10.7. The number of alkyl halides is 2. The number of pyridine rings is 1. The quantitative estimate of drug-likeness (QED) is 0.765. The Balaban J connectivity index is 3.36. The molecule has 0 spiro atoms. The number of H-pyrrole nitrogens is 1. The van der Waals surface area contributed by atoms with Crippen LogP contribution in [0.2, 0.25) is 10.0 Å². The zero-order valence-corrected chi connectivity index (χ0v) is 7.09. The number of halogens is 4. The number of hydrogen-bond donors (Lipinski definition) is 1. The van der Waals surface area contributed by atoms with Crippen LogP contribution in [-0.4, -0.2) is 4.98 Å². The molecule has 0 aliphatic heterocycles. The first-order valence-corrected chi connectivity index (χ1v) is 3.64. The molecular formula is C6H3Cl2F2NO. The zero-order chi connectivity index (χ0) is 9.30. The maximum Gasteiger partial charge on any atom is 0.268 e. The second-order valence-corrected chi connectivity index (χ2v) is 2.76. The van der Waals surface area contributed by atoms with Gasteiger partial charge in [0.05, 0.1) is 10.6 Å². The predicted octanol–water partition coefficient (Wildman–Crippen LogP) is 2.62. The molecule has 0 aliphatic carbocycles. The van der Waals surface area contributed by atoms with Crippen LogP contribution >= 0.6 is 23.2 Å². The lowest BCUT2D eigenvalue weighted by molar-refractivity contribution is 0.151. The Hall–Kier alpha value is -0.610. The average Bonchev–Trinajstić information content (AvgIpc) is 2.00. The standard InChI is InChI=1S/C6H3Cl2F2NO/c7-3-2(5(9)10)1-11-6(12)4(3)8/h1,5H,(H,11,12). The number of aromatic amines is 1. The summed E-state index contributed by atoms with van der Waals surface area (Å²) in [5, 5.41) is -0.801. The van der Waals surface area contributed by atoms with Crippen molar-refractivity contribution in [2.24, 2.45) is 0 Å². The van der Waals surface area contributed by atoms with E-state index >= 15 is 0 Å². The van der Waals surface area contributed by atoms with Crippen molar-refractivity contribution in [3.8, 4) is 0 Å². The molecule has 66 valence electrons. The third-order valence-electron chi connectivity index (χ3n) is 1.24.